The maximum Gasteiger partial charge on any atom is 0.248 e. The van der Waals surface area contributed by atoms with Gasteiger partial charge in [0.2, 0.25) is 5.91 Å². The number of benzene rings is 1. The Hall–Kier alpha value is -1.35. The molecule has 1 rings (SSSR count). The van der Waals surface area contributed by atoms with Crippen molar-refractivity contribution in [1.82, 2.24) is 0 Å². The summed E-state index contributed by atoms with van der Waals surface area (Å²) < 4.78 is 0.942. The lowest BCUT2D eigenvalue weighted by molar-refractivity contribution is -0.870. The zero-order valence-corrected chi connectivity index (χ0v) is 9.66. The summed E-state index contributed by atoms with van der Waals surface area (Å²) in [6.07, 6.45) is 1.02. The minimum Gasteiger partial charge on any atom is -0.366 e. The standard InChI is InChI=1S/C12H18N2O/c1-14(2,3)9-8-10-4-6-11(7-5-10)12(13)15/h4-7H,8-9H2,1-3H3,(H-,13,15)/p+1. The molecule has 1 amide bonds. The van der Waals surface area contributed by atoms with Crippen LogP contribution in [0.1, 0.15) is 15.9 Å². The van der Waals surface area contributed by atoms with Gasteiger partial charge in [-0.3, -0.25) is 4.79 Å². The fraction of sp³-hybridized carbons (Fsp3) is 0.417. The number of hydrogen-bond donors (Lipinski definition) is 1. The number of hydrogen-bond acceptors (Lipinski definition) is 1. The number of primary amides is 1. The number of amides is 1. The number of nitrogens with zero attached hydrogens (tertiary/aromatic N) is 1. The molecule has 82 valence electrons. The van der Waals surface area contributed by atoms with Gasteiger partial charge in [0.15, 0.2) is 0 Å². The van der Waals surface area contributed by atoms with Crippen LogP contribution in [0.5, 0.6) is 0 Å². The van der Waals surface area contributed by atoms with Gasteiger partial charge in [0.05, 0.1) is 27.7 Å². The minimum atomic E-state index is -0.367. The predicted molar refractivity (Wildman–Crippen MR) is 61.6 cm³/mol. The van der Waals surface area contributed by atoms with E-state index in [1.807, 2.05) is 12.1 Å². The number of carbonyl (C=O) groups excluding carboxylic acids is 1. The Morgan fingerprint density at radius 3 is 2.13 bits per heavy atom. The summed E-state index contributed by atoms with van der Waals surface area (Å²) in [6.45, 7) is 1.08. The van der Waals surface area contributed by atoms with E-state index in [-0.39, 0.29) is 5.91 Å². The largest absolute Gasteiger partial charge is 0.366 e. The number of rotatable bonds is 4. The van der Waals surface area contributed by atoms with Gasteiger partial charge < -0.3 is 10.2 Å². The first kappa shape index (κ1) is 11.7. The molecule has 0 unspecified atom stereocenters. The second-order valence-electron chi connectivity index (χ2n) is 4.83. The third kappa shape index (κ3) is 4.13. The molecule has 0 aliphatic carbocycles. The van der Waals surface area contributed by atoms with Gasteiger partial charge in [-0.05, 0) is 17.7 Å². The molecule has 0 heterocycles. The third-order valence-corrected chi connectivity index (χ3v) is 2.31. The van der Waals surface area contributed by atoms with Crippen molar-refractivity contribution in [2.75, 3.05) is 27.7 Å². The molecule has 0 saturated carbocycles. The highest BCUT2D eigenvalue weighted by Gasteiger charge is 2.07. The highest BCUT2D eigenvalue weighted by Crippen LogP contribution is 2.06. The van der Waals surface area contributed by atoms with Crippen LogP contribution in [0.25, 0.3) is 0 Å². The van der Waals surface area contributed by atoms with Crippen molar-refractivity contribution in [3.63, 3.8) is 0 Å². The number of carbonyl (C=O) groups is 1. The molecule has 0 aromatic heterocycles. The molecule has 15 heavy (non-hydrogen) atoms. The van der Waals surface area contributed by atoms with Gasteiger partial charge >= 0.3 is 0 Å². The first-order valence-electron chi connectivity index (χ1n) is 5.08. The second-order valence-corrected chi connectivity index (χ2v) is 4.83. The summed E-state index contributed by atoms with van der Waals surface area (Å²) >= 11 is 0. The van der Waals surface area contributed by atoms with Gasteiger partial charge in [0.25, 0.3) is 0 Å². The number of nitrogens with two attached hydrogens (primary N) is 1. The van der Waals surface area contributed by atoms with E-state index in [0.29, 0.717) is 5.56 Å². The predicted octanol–water partition coefficient (Wildman–Crippen LogP) is 1.03. The maximum absolute atomic E-state index is 10.8. The van der Waals surface area contributed by atoms with Crippen LogP contribution in [0.3, 0.4) is 0 Å². The average Bonchev–Trinajstić information content (AvgIpc) is 2.14. The third-order valence-electron chi connectivity index (χ3n) is 2.31. The first-order chi connectivity index (χ1) is 6.88. The van der Waals surface area contributed by atoms with E-state index < -0.39 is 0 Å². The molecule has 3 heteroatoms. The number of likely N-dealkylation sites (N-methyl/N-ethyl adjacent to an activating group) is 1. The van der Waals surface area contributed by atoms with Crippen LogP contribution in [0.4, 0.5) is 0 Å². The van der Waals surface area contributed by atoms with E-state index in [2.05, 4.69) is 21.1 Å². The molecule has 0 atom stereocenters. The Morgan fingerprint density at radius 1 is 1.20 bits per heavy atom. The normalized spacial score (nSPS) is 11.4. The van der Waals surface area contributed by atoms with Crippen molar-refractivity contribution in [2.45, 2.75) is 6.42 Å². The number of quaternary nitrogens is 1. The van der Waals surface area contributed by atoms with Crippen LogP contribution in [-0.4, -0.2) is 38.1 Å². The molecule has 0 radical (unpaired) electrons. The van der Waals surface area contributed by atoms with E-state index in [4.69, 9.17) is 5.73 Å². The molecule has 3 nitrogen and oxygen atoms in total. The van der Waals surface area contributed by atoms with E-state index in [0.717, 1.165) is 17.4 Å². The molecule has 0 fully saturated rings. The zero-order valence-electron chi connectivity index (χ0n) is 9.66. The van der Waals surface area contributed by atoms with Gasteiger partial charge in [0.1, 0.15) is 0 Å². The minimum absolute atomic E-state index is 0.367. The molecule has 0 aliphatic heterocycles. The van der Waals surface area contributed by atoms with Crippen molar-refractivity contribution in [3.8, 4) is 0 Å². The molecule has 0 bridgehead atoms. The molecule has 1 aromatic carbocycles. The van der Waals surface area contributed by atoms with Crippen molar-refractivity contribution in [1.29, 1.82) is 0 Å². The molecule has 2 N–H and O–H groups in total. The second kappa shape index (κ2) is 4.45. The topological polar surface area (TPSA) is 43.1 Å². The molecular formula is C12H19N2O+. The molecule has 0 aliphatic rings. The summed E-state index contributed by atoms with van der Waals surface area (Å²) in [6, 6.07) is 7.51. The SMILES string of the molecule is C[N+](C)(C)CCc1ccc(C(N)=O)cc1. The summed E-state index contributed by atoms with van der Waals surface area (Å²) in [7, 11) is 6.49. The molecule has 0 saturated heterocycles. The molecule has 0 spiro atoms. The van der Waals surface area contributed by atoms with Gasteiger partial charge in [-0.1, -0.05) is 12.1 Å². The van der Waals surface area contributed by atoms with Crippen molar-refractivity contribution in [3.05, 3.63) is 35.4 Å². The Morgan fingerprint density at radius 2 is 1.73 bits per heavy atom. The van der Waals surface area contributed by atoms with Crippen LogP contribution < -0.4 is 5.73 Å². The highest BCUT2D eigenvalue weighted by atomic mass is 16.1. The van der Waals surface area contributed by atoms with Crippen molar-refractivity contribution in [2.24, 2.45) is 5.73 Å². The average molecular weight is 207 g/mol. The zero-order chi connectivity index (χ0) is 11.5. The van der Waals surface area contributed by atoms with Crippen LogP contribution in [0.15, 0.2) is 24.3 Å². The Kier molecular flexibility index (Phi) is 3.48. The van der Waals surface area contributed by atoms with E-state index in [1.54, 1.807) is 12.1 Å². The van der Waals surface area contributed by atoms with E-state index in [9.17, 15) is 4.79 Å². The monoisotopic (exact) mass is 207 g/mol. The van der Waals surface area contributed by atoms with Crippen molar-refractivity contribution < 1.29 is 9.28 Å². The van der Waals surface area contributed by atoms with Crippen molar-refractivity contribution >= 4 is 5.91 Å². The lowest BCUT2D eigenvalue weighted by atomic mass is 10.1. The molecular weight excluding hydrogens is 188 g/mol. The Labute approximate surface area is 91.1 Å². The van der Waals surface area contributed by atoms with Crippen LogP contribution in [0, 0.1) is 0 Å². The smallest absolute Gasteiger partial charge is 0.248 e. The summed E-state index contributed by atoms with van der Waals surface area (Å²) in [5.74, 6) is -0.367. The highest BCUT2D eigenvalue weighted by molar-refractivity contribution is 5.92. The summed E-state index contributed by atoms with van der Waals surface area (Å²) in [5.41, 5.74) is 6.98. The first-order valence-corrected chi connectivity index (χ1v) is 5.08. The van der Waals surface area contributed by atoms with Gasteiger partial charge in [-0.2, -0.15) is 0 Å². The fourth-order valence-electron chi connectivity index (χ4n) is 1.30. The summed E-state index contributed by atoms with van der Waals surface area (Å²) in [4.78, 5) is 10.8. The van der Waals surface area contributed by atoms with Crippen LogP contribution >= 0.6 is 0 Å². The van der Waals surface area contributed by atoms with E-state index >= 15 is 0 Å². The maximum atomic E-state index is 10.8. The van der Waals surface area contributed by atoms with Gasteiger partial charge in [-0.25, -0.2) is 0 Å². The fourth-order valence-corrected chi connectivity index (χ4v) is 1.30. The lowest BCUT2D eigenvalue weighted by Crippen LogP contribution is -2.36. The lowest BCUT2D eigenvalue weighted by Gasteiger charge is -2.23. The quantitative estimate of drug-likeness (QED) is 0.736. The molecule has 1 aromatic rings. The Balaban J connectivity index is 2.61. The van der Waals surface area contributed by atoms with E-state index in [1.165, 1.54) is 5.56 Å². The summed E-state index contributed by atoms with van der Waals surface area (Å²) in [5, 5.41) is 0. The van der Waals surface area contributed by atoms with Gasteiger partial charge in [0, 0.05) is 12.0 Å². The van der Waals surface area contributed by atoms with Crippen LogP contribution in [-0.2, 0) is 6.42 Å². The Bertz CT molecular complexity index is 336. The van der Waals surface area contributed by atoms with Gasteiger partial charge in [-0.15, -0.1) is 0 Å². The van der Waals surface area contributed by atoms with Crippen LogP contribution in [0.2, 0.25) is 0 Å².